The average Bonchev–Trinajstić information content (AvgIpc) is 3.06. The highest BCUT2D eigenvalue weighted by atomic mass is 35.5. The number of esters is 1. The van der Waals surface area contributed by atoms with Crippen LogP contribution in [0.15, 0.2) is 48.7 Å². The zero-order chi connectivity index (χ0) is 20.4. The SMILES string of the molecule is COC(=O)[C@H](c1ccccc1Cl)N1CCN(Cn2nc3ccccn3c2=S)CC1. The number of rotatable bonds is 5. The summed E-state index contributed by atoms with van der Waals surface area (Å²) in [5.41, 5.74) is 1.61. The van der Waals surface area contributed by atoms with Crippen molar-refractivity contribution in [2.24, 2.45) is 0 Å². The first-order valence-corrected chi connectivity index (χ1v) is 10.2. The van der Waals surface area contributed by atoms with Crippen molar-refractivity contribution in [2.75, 3.05) is 33.3 Å². The van der Waals surface area contributed by atoms with Gasteiger partial charge in [0.2, 0.25) is 4.77 Å². The van der Waals surface area contributed by atoms with E-state index in [0.29, 0.717) is 29.6 Å². The molecule has 7 nitrogen and oxygen atoms in total. The summed E-state index contributed by atoms with van der Waals surface area (Å²) in [5.74, 6) is -0.297. The van der Waals surface area contributed by atoms with Gasteiger partial charge in [0.1, 0.15) is 6.04 Å². The van der Waals surface area contributed by atoms with Crippen molar-refractivity contribution in [3.05, 3.63) is 64.0 Å². The molecule has 1 saturated heterocycles. The van der Waals surface area contributed by atoms with E-state index in [9.17, 15) is 4.79 Å². The van der Waals surface area contributed by atoms with E-state index in [1.165, 1.54) is 7.11 Å². The number of piperazine rings is 1. The number of nitrogens with zero attached hydrogens (tertiary/aromatic N) is 5. The topological polar surface area (TPSA) is 55.0 Å². The van der Waals surface area contributed by atoms with Crippen LogP contribution in [0.5, 0.6) is 0 Å². The fourth-order valence-corrected chi connectivity index (χ4v) is 4.19. The summed E-state index contributed by atoms with van der Waals surface area (Å²) in [7, 11) is 1.41. The van der Waals surface area contributed by atoms with E-state index in [4.69, 9.17) is 28.6 Å². The number of hydrogen-bond donors (Lipinski definition) is 0. The largest absolute Gasteiger partial charge is 0.468 e. The van der Waals surface area contributed by atoms with E-state index in [1.807, 2.05) is 51.7 Å². The zero-order valence-corrected chi connectivity index (χ0v) is 17.6. The van der Waals surface area contributed by atoms with Crippen LogP contribution in [-0.4, -0.2) is 63.2 Å². The van der Waals surface area contributed by atoms with Crippen LogP contribution in [-0.2, 0) is 16.2 Å². The van der Waals surface area contributed by atoms with Crippen LogP contribution < -0.4 is 0 Å². The maximum Gasteiger partial charge on any atom is 0.327 e. The summed E-state index contributed by atoms with van der Waals surface area (Å²) >= 11 is 11.9. The predicted molar refractivity (Wildman–Crippen MR) is 113 cm³/mol. The number of hydrogen-bond acceptors (Lipinski definition) is 6. The molecular weight excluding hydrogens is 410 g/mol. The van der Waals surface area contributed by atoms with Gasteiger partial charge < -0.3 is 4.74 Å². The molecule has 9 heteroatoms. The molecule has 1 aliphatic rings. The molecule has 1 atom stereocenters. The lowest BCUT2D eigenvalue weighted by molar-refractivity contribution is -0.148. The first-order chi connectivity index (χ1) is 14.1. The highest BCUT2D eigenvalue weighted by Crippen LogP contribution is 2.29. The van der Waals surface area contributed by atoms with Crippen LogP contribution in [0, 0.1) is 4.77 Å². The summed E-state index contributed by atoms with van der Waals surface area (Å²) < 4.78 is 9.47. The Labute approximate surface area is 179 Å². The minimum atomic E-state index is -0.506. The Balaban J connectivity index is 1.47. The molecular formula is C20H22ClN5O2S. The van der Waals surface area contributed by atoms with E-state index in [0.717, 1.165) is 24.3 Å². The lowest BCUT2D eigenvalue weighted by atomic mass is 10.0. The van der Waals surface area contributed by atoms with E-state index in [1.54, 1.807) is 6.07 Å². The van der Waals surface area contributed by atoms with Crippen LogP contribution in [0.2, 0.25) is 5.02 Å². The number of methoxy groups -OCH3 is 1. The molecule has 0 radical (unpaired) electrons. The second-order valence-electron chi connectivity index (χ2n) is 6.95. The van der Waals surface area contributed by atoms with Crippen molar-refractivity contribution in [3.63, 3.8) is 0 Å². The summed E-state index contributed by atoms with van der Waals surface area (Å²) in [5, 5.41) is 5.16. The molecule has 4 rings (SSSR count). The van der Waals surface area contributed by atoms with Crippen LogP contribution in [0.3, 0.4) is 0 Å². The number of ether oxygens (including phenoxy) is 1. The maximum absolute atomic E-state index is 12.5. The second-order valence-corrected chi connectivity index (χ2v) is 7.73. The number of halogens is 1. The number of benzene rings is 1. The highest BCUT2D eigenvalue weighted by molar-refractivity contribution is 7.71. The van der Waals surface area contributed by atoms with Crippen molar-refractivity contribution in [1.29, 1.82) is 0 Å². The lowest BCUT2D eigenvalue weighted by Crippen LogP contribution is -2.49. The number of carbonyl (C=O) groups is 1. The quantitative estimate of drug-likeness (QED) is 0.457. The van der Waals surface area contributed by atoms with Gasteiger partial charge >= 0.3 is 5.97 Å². The zero-order valence-electron chi connectivity index (χ0n) is 16.1. The first-order valence-electron chi connectivity index (χ1n) is 9.41. The summed E-state index contributed by atoms with van der Waals surface area (Å²) in [4.78, 5) is 16.9. The number of carbonyl (C=O) groups excluding carboxylic acids is 1. The molecule has 0 bridgehead atoms. The molecule has 3 aromatic rings. The van der Waals surface area contributed by atoms with Gasteiger partial charge in [0.05, 0.1) is 13.8 Å². The van der Waals surface area contributed by atoms with Gasteiger partial charge in [-0.15, -0.1) is 0 Å². The van der Waals surface area contributed by atoms with Crippen molar-refractivity contribution in [1.82, 2.24) is 24.0 Å². The summed E-state index contributed by atoms with van der Waals surface area (Å²) in [6, 6.07) is 12.7. The van der Waals surface area contributed by atoms with Crippen molar-refractivity contribution in [3.8, 4) is 0 Å². The van der Waals surface area contributed by atoms with Crippen LogP contribution in [0.4, 0.5) is 0 Å². The molecule has 0 saturated carbocycles. The number of pyridine rings is 1. The van der Waals surface area contributed by atoms with Crippen molar-refractivity contribution >= 4 is 35.4 Å². The molecule has 2 aromatic heterocycles. The van der Waals surface area contributed by atoms with Crippen molar-refractivity contribution in [2.45, 2.75) is 12.7 Å². The lowest BCUT2D eigenvalue weighted by Gasteiger charge is -2.38. The van der Waals surface area contributed by atoms with Crippen LogP contribution >= 0.6 is 23.8 Å². The molecule has 152 valence electrons. The summed E-state index contributed by atoms with van der Waals surface area (Å²) in [6.07, 6.45) is 1.92. The second kappa shape index (κ2) is 8.62. The van der Waals surface area contributed by atoms with Crippen LogP contribution in [0.25, 0.3) is 5.65 Å². The third-order valence-electron chi connectivity index (χ3n) is 5.22. The monoisotopic (exact) mass is 431 g/mol. The Morgan fingerprint density at radius 3 is 2.59 bits per heavy atom. The van der Waals surface area contributed by atoms with Crippen molar-refractivity contribution < 1.29 is 9.53 Å². The minimum Gasteiger partial charge on any atom is -0.468 e. The molecule has 1 aromatic carbocycles. The Hall–Kier alpha value is -2.26. The molecule has 0 spiro atoms. The smallest absolute Gasteiger partial charge is 0.327 e. The third kappa shape index (κ3) is 4.06. The van der Waals surface area contributed by atoms with E-state index < -0.39 is 6.04 Å². The molecule has 29 heavy (non-hydrogen) atoms. The van der Waals surface area contributed by atoms with Gasteiger partial charge in [-0.25, -0.2) is 9.48 Å². The fourth-order valence-electron chi connectivity index (χ4n) is 3.69. The van der Waals surface area contributed by atoms with Gasteiger partial charge in [-0.2, -0.15) is 5.10 Å². The molecule has 0 aliphatic carbocycles. The Morgan fingerprint density at radius 1 is 1.17 bits per heavy atom. The Bertz CT molecular complexity index is 1070. The Kier molecular flexibility index (Phi) is 5.96. The van der Waals surface area contributed by atoms with Gasteiger partial charge in [-0.05, 0) is 36.0 Å². The van der Waals surface area contributed by atoms with Gasteiger partial charge in [0.25, 0.3) is 0 Å². The van der Waals surface area contributed by atoms with E-state index in [-0.39, 0.29) is 5.97 Å². The highest BCUT2D eigenvalue weighted by Gasteiger charge is 2.32. The Morgan fingerprint density at radius 2 is 1.90 bits per heavy atom. The number of fused-ring (bicyclic) bond motifs is 1. The summed E-state index contributed by atoms with van der Waals surface area (Å²) in [6.45, 7) is 3.61. The van der Waals surface area contributed by atoms with Crippen LogP contribution in [0.1, 0.15) is 11.6 Å². The van der Waals surface area contributed by atoms with Gasteiger partial charge in [0, 0.05) is 37.4 Å². The molecule has 0 N–H and O–H groups in total. The molecule has 0 unspecified atom stereocenters. The molecule has 0 amide bonds. The first kappa shape index (κ1) is 20.0. The molecule has 3 heterocycles. The predicted octanol–water partition coefficient (Wildman–Crippen LogP) is 3.01. The molecule has 1 fully saturated rings. The van der Waals surface area contributed by atoms with Gasteiger partial charge in [-0.3, -0.25) is 14.2 Å². The molecule has 1 aliphatic heterocycles. The van der Waals surface area contributed by atoms with E-state index in [2.05, 4.69) is 14.9 Å². The maximum atomic E-state index is 12.5. The van der Waals surface area contributed by atoms with Gasteiger partial charge in [-0.1, -0.05) is 35.9 Å². The third-order valence-corrected chi connectivity index (χ3v) is 5.97. The number of aromatic nitrogens is 3. The normalized spacial score (nSPS) is 16.8. The fraction of sp³-hybridized carbons (Fsp3) is 0.350. The average molecular weight is 432 g/mol. The van der Waals surface area contributed by atoms with E-state index >= 15 is 0 Å². The standard InChI is InChI=1S/C20H22ClN5O2S/c1-28-19(27)18(15-6-2-3-7-16(15)21)24-12-10-23(11-13-24)14-26-20(29)25-9-5-4-8-17(25)22-26/h2-9,18H,10-14H2,1H3/t18-/m0/s1. The van der Waals surface area contributed by atoms with Gasteiger partial charge in [0.15, 0.2) is 5.65 Å². The minimum absolute atomic E-state index is 0.297.